The maximum Gasteiger partial charge on any atom is 0.356 e. The number of hydrogen-bond acceptors (Lipinski definition) is 4. The average molecular weight is 331 g/mol. The molecule has 0 saturated carbocycles. The van der Waals surface area contributed by atoms with E-state index < -0.39 is 10.9 Å². The predicted octanol–water partition coefficient (Wildman–Crippen LogP) is 4.09. The zero-order valence-electron chi connectivity index (χ0n) is 11.8. The predicted molar refractivity (Wildman–Crippen MR) is 85.5 cm³/mol. The quantitative estimate of drug-likeness (QED) is 0.443. The highest BCUT2D eigenvalue weighted by molar-refractivity contribution is 6.38. The van der Waals surface area contributed by atoms with Gasteiger partial charge in [0.25, 0.3) is 5.69 Å². The zero-order valence-corrected chi connectivity index (χ0v) is 12.5. The van der Waals surface area contributed by atoms with Crippen LogP contribution in [0.3, 0.4) is 0 Å². The summed E-state index contributed by atoms with van der Waals surface area (Å²) in [6, 6.07) is 13.3. The number of nitro benzene ring substituents is 1. The molecule has 0 bridgehead atoms. The van der Waals surface area contributed by atoms with Gasteiger partial charge in [-0.05, 0) is 12.1 Å². The summed E-state index contributed by atoms with van der Waals surface area (Å²) in [4.78, 5) is 25.5. The van der Waals surface area contributed by atoms with Gasteiger partial charge in [-0.1, -0.05) is 41.9 Å². The van der Waals surface area contributed by atoms with Gasteiger partial charge < -0.3 is 9.72 Å². The van der Waals surface area contributed by atoms with Crippen LogP contribution in [0.1, 0.15) is 16.1 Å². The van der Waals surface area contributed by atoms with Gasteiger partial charge in [-0.2, -0.15) is 0 Å². The highest BCUT2D eigenvalue weighted by atomic mass is 35.5. The molecule has 1 heterocycles. The number of fused-ring (bicyclic) bond motifs is 1. The lowest BCUT2D eigenvalue weighted by atomic mass is 10.2. The lowest BCUT2D eigenvalue weighted by Gasteiger charge is -2.05. The highest BCUT2D eigenvalue weighted by Gasteiger charge is 2.19. The van der Waals surface area contributed by atoms with Gasteiger partial charge >= 0.3 is 5.97 Å². The smallest absolute Gasteiger partial charge is 0.356 e. The average Bonchev–Trinajstić information content (AvgIpc) is 2.90. The molecule has 0 spiro atoms. The van der Waals surface area contributed by atoms with Crippen LogP contribution in [0.25, 0.3) is 10.9 Å². The minimum atomic E-state index is -0.663. The molecule has 3 rings (SSSR count). The third-order valence-electron chi connectivity index (χ3n) is 3.39. The number of esters is 1. The van der Waals surface area contributed by atoms with Crippen LogP contribution >= 0.6 is 11.6 Å². The lowest BCUT2D eigenvalue weighted by molar-refractivity contribution is -0.385. The van der Waals surface area contributed by atoms with Crippen LogP contribution in [0.4, 0.5) is 5.69 Å². The molecule has 6 nitrogen and oxygen atoms in total. The molecule has 23 heavy (non-hydrogen) atoms. The first-order valence-corrected chi connectivity index (χ1v) is 7.11. The Hall–Kier alpha value is -2.86. The zero-order chi connectivity index (χ0) is 16.4. The van der Waals surface area contributed by atoms with Crippen LogP contribution < -0.4 is 0 Å². The number of nitrogens with zero attached hydrogens (tertiary/aromatic N) is 1. The van der Waals surface area contributed by atoms with Gasteiger partial charge in [0.15, 0.2) is 0 Å². The number of para-hydroxylation sites is 2. The van der Waals surface area contributed by atoms with Crippen molar-refractivity contribution in [2.45, 2.75) is 6.61 Å². The van der Waals surface area contributed by atoms with E-state index in [0.29, 0.717) is 10.9 Å². The van der Waals surface area contributed by atoms with Crippen LogP contribution in [0.2, 0.25) is 5.02 Å². The van der Waals surface area contributed by atoms with E-state index in [0.717, 1.165) is 5.52 Å². The second-order valence-corrected chi connectivity index (χ2v) is 5.20. The summed E-state index contributed by atoms with van der Waals surface area (Å²) in [5, 5.41) is 11.9. The van der Waals surface area contributed by atoms with E-state index in [9.17, 15) is 14.9 Å². The fraction of sp³-hybridized carbons (Fsp3) is 0.0625. The van der Waals surface area contributed by atoms with E-state index >= 15 is 0 Å². The first-order chi connectivity index (χ1) is 11.1. The SMILES string of the molecule is O=C(OCc1ccccc1[N+](=O)[O-])c1[nH]c2ccccc2c1Cl. The van der Waals surface area contributed by atoms with Crippen molar-refractivity contribution in [1.29, 1.82) is 0 Å². The number of benzene rings is 2. The molecule has 1 N–H and O–H groups in total. The van der Waals surface area contributed by atoms with E-state index in [1.54, 1.807) is 24.3 Å². The van der Waals surface area contributed by atoms with Crippen LogP contribution in [0.5, 0.6) is 0 Å². The molecule has 0 radical (unpaired) electrons. The summed E-state index contributed by atoms with van der Waals surface area (Å²) < 4.78 is 5.16. The molecule has 0 amide bonds. The third-order valence-corrected chi connectivity index (χ3v) is 3.79. The van der Waals surface area contributed by atoms with Gasteiger partial charge in [-0.15, -0.1) is 0 Å². The maximum atomic E-state index is 12.2. The van der Waals surface area contributed by atoms with Gasteiger partial charge in [0.05, 0.1) is 15.5 Å². The van der Waals surface area contributed by atoms with Crippen molar-refractivity contribution in [3.8, 4) is 0 Å². The first kappa shape index (κ1) is 15.1. The number of rotatable bonds is 4. The van der Waals surface area contributed by atoms with Crippen molar-refractivity contribution >= 4 is 34.2 Å². The van der Waals surface area contributed by atoms with Crippen molar-refractivity contribution in [3.05, 3.63) is 74.9 Å². The van der Waals surface area contributed by atoms with E-state index in [2.05, 4.69) is 4.98 Å². The van der Waals surface area contributed by atoms with Crippen LogP contribution in [-0.2, 0) is 11.3 Å². The molecule has 3 aromatic rings. The summed E-state index contributed by atoms with van der Waals surface area (Å²) in [6.45, 7) is -0.207. The van der Waals surface area contributed by atoms with Crippen molar-refractivity contribution < 1.29 is 14.5 Å². The molecular weight excluding hydrogens is 320 g/mol. The molecule has 7 heteroatoms. The van der Waals surface area contributed by atoms with Gasteiger partial charge in [-0.25, -0.2) is 4.79 Å². The van der Waals surface area contributed by atoms with Crippen molar-refractivity contribution in [1.82, 2.24) is 4.98 Å². The summed E-state index contributed by atoms with van der Waals surface area (Å²) >= 11 is 6.18. The van der Waals surface area contributed by atoms with Gasteiger partial charge in [-0.3, -0.25) is 10.1 Å². The maximum absolute atomic E-state index is 12.2. The molecule has 0 atom stereocenters. The molecular formula is C16H11ClN2O4. The molecule has 0 aliphatic rings. The second-order valence-electron chi connectivity index (χ2n) is 4.82. The Kier molecular flexibility index (Phi) is 3.99. The number of aromatic nitrogens is 1. The standard InChI is InChI=1S/C16H11ClN2O4/c17-14-11-6-2-3-7-12(11)18-15(14)16(20)23-9-10-5-1-4-8-13(10)19(21)22/h1-8,18H,9H2. The van der Waals surface area contributed by atoms with Gasteiger partial charge in [0.1, 0.15) is 12.3 Å². The number of nitro groups is 1. The minimum Gasteiger partial charge on any atom is -0.456 e. The molecule has 0 unspecified atom stereocenters. The molecule has 116 valence electrons. The third kappa shape index (κ3) is 2.89. The number of H-pyrrole nitrogens is 1. The Balaban J connectivity index is 1.82. The minimum absolute atomic E-state index is 0.0944. The molecule has 2 aromatic carbocycles. The molecule has 0 aliphatic carbocycles. The molecule has 0 fully saturated rings. The van der Waals surface area contributed by atoms with Crippen LogP contribution in [-0.4, -0.2) is 15.9 Å². The fourth-order valence-electron chi connectivity index (χ4n) is 2.27. The van der Waals surface area contributed by atoms with E-state index in [4.69, 9.17) is 16.3 Å². The second kappa shape index (κ2) is 6.10. The summed E-state index contributed by atoms with van der Waals surface area (Å²) in [7, 11) is 0. The van der Waals surface area contributed by atoms with E-state index in [1.807, 2.05) is 12.1 Å². The van der Waals surface area contributed by atoms with E-state index in [1.165, 1.54) is 12.1 Å². The fourth-order valence-corrected chi connectivity index (χ4v) is 2.56. The number of hydrogen-bond donors (Lipinski definition) is 1. The summed E-state index contributed by atoms with van der Waals surface area (Å²) in [5.41, 5.74) is 1.07. The largest absolute Gasteiger partial charge is 0.456 e. The van der Waals surface area contributed by atoms with Crippen molar-refractivity contribution in [3.63, 3.8) is 0 Å². The number of carbonyl (C=O) groups is 1. The Labute approximate surface area is 135 Å². The summed E-state index contributed by atoms with van der Waals surface area (Å²) in [6.07, 6.45) is 0. The molecule has 0 saturated heterocycles. The number of halogens is 1. The van der Waals surface area contributed by atoms with Crippen LogP contribution in [0, 0.1) is 10.1 Å². The number of ether oxygens (including phenoxy) is 1. The van der Waals surface area contributed by atoms with Crippen molar-refractivity contribution in [2.24, 2.45) is 0 Å². The Bertz CT molecular complexity index is 904. The Morgan fingerprint density at radius 3 is 2.61 bits per heavy atom. The van der Waals surface area contributed by atoms with Crippen LogP contribution in [0.15, 0.2) is 48.5 Å². The Morgan fingerprint density at radius 1 is 1.17 bits per heavy atom. The first-order valence-electron chi connectivity index (χ1n) is 6.73. The number of nitrogens with one attached hydrogen (secondary N) is 1. The topological polar surface area (TPSA) is 85.2 Å². The highest BCUT2D eigenvalue weighted by Crippen LogP contribution is 2.28. The molecule has 1 aromatic heterocycles. The monoisotopic (exact) mass is 330 g/mol. The van der Waals surface area contributed by atoms with Gasteiger partial charge in [0.2, 0.25) is 0 Å². The molecule has 0 aliphatic heterocycles. The number of aromatic amines is 1. The number of carbonyl (C=O) groups excluding carboxylic acids is 1. The normalized spacial score (nSPS) is 10.7. The Morgan fingerprint density at radius 2 is 1.87 bits per heavy atom. The summed E-state index contributed by atoms with van der Waals surface area (Å²) in [5.74, 6) is -0.663. The van der Waals surface area contributed by atoms with E-state index in [-0.39, 0.29) is 23.0 Å². The lowest BCUT2D eigenvalue weighted by Crippen LogP contribution is -2.07. The van der Waals surface area contributed by atoms with Gasteiger partial charge in [0, 0.05) is 17.0 Å². The van der Waals surface area contributed by atoms with Crippen molar-refractivity contribution in [2.75, 3.05) is 0 Å².